The first kappa shape index (κ1) is 13.6. The summed E-state index contributed by atoms with van der Waals surface area (Å²) >= 11 is 0. The number of carbonyl (C=O) groups is 2. The van der Waals surface area contributed by atoms with Crippen LogP contribution in [0.5, 0.6) is 0 Å². The number of carbonyl (C=O) groups excluding carboxylic acids is 2. The number of rotatable bonds is 3. The predicted octanol–water partition coefficient (Wildman–Crippen LogP) is 1.69. The van der Waals surface area contributed by atoms with Gasteiger partial charge in [0.2, 0.25) is 11.9 Å². The van der Waals surface area contributed by atoms with Crippen molar-refractivity contribution in [2.45, 2.75) is 19.8 Å². The number of aliphatic imine (C=N–C) groups is 1. The third-order valence-electron chi connectivity index (χ3n) is 3.70. The second-order valence-corrected chi connectivity index (χ2v) is 5.23. The first-order chi connectivity index (χ1) is 10.1. The molecule has 1 N–H and O–H groups in total. The van der Waals surface area contributed by atoms with Crippen molar-refractivity contribution in [2.24, 2.45) is 4.99 Å². The number of nitrogens with one attached hydrogen (secondary N) is 1. The van der Waals surface area contributed by atoms with Gasteiger partial charge in [-0.1, -0.05) is 6.92 Å². The third-order valence-corrected chi connectivity index (χ3v) is 3.70. The quantitative estimate of drug-likeness (QED) is 0.919. The number of amides is 2. The smallest absolute Gasteiger partial charge is 0.262 e. The molecule has 6 nitrogen and oxygen atoms in total. The van der Waals surface area contributed by atoms with Gasteiger partial charge in [0.25, 0.3) is 5.91 Å². The number of hydrogen-bond donors (Lipinski definition) is 1. The molecule has 1 aromatic rings. The number of anilines is 2. The first-order valence-electron chi connectivity index (χ1n) is 7.15. The van der Waals surface area contributed by atoms with Crippen molar-refractivity contribution in [1.82, 2.24) is 4.90 Å². The van der Waals surface area contributed by atoms with E-state index < -0.39 is 0 Å². The summed E-state index contributed by atoms with van der Waals surface area (Å²) in [5.41, 5.74) is 2.13. The number of benzene rings is 1. The largest absolute Gasteiger partial charge is 0.326 e. The Morgan fingerprint density at radius 2 is 2.24 bits per heavy atom. The van der Waals surface area contributed by atoms with Gasteiger partial charge < -0.3 is 10.2 Å². The predicted molar refractivity (Wildman–Crippen MR) is 81.7 cm³/mol. The van der Waals surface area contributed by atoms with Crippen LogP contribution in [0.3, 0.4) is 0 Å². The van der Waals surface area contributed by atoms with Crippen LogP contribution in [0.15, 0.2) is 23.2 Å². The minimum absolute atomic E-state index is 0.0301. The Bertz CT molecular complexity index is 639. The number of fused-ring (bicyclic) bond motifs is 3. The summed E-state index contributed by atoms with van der Waals surface area (Å²) in [6, 6.07) is 5.46. The van der Waals surface area contributed by atoms with Crippen molar-refractivity contribution in [3.05, 3.63) is 23.8 Å². The van der Waals surface area contributed by atoms with Crippen LogP contribution in [-0.4, -0.2) is 42.8 Å². The molecule has 2 aliphatic heterocycles. The van der Waals surface area contributed by atoms with Gasteiger partial charge in [-0.15, -0.1) is 0 Å². The molecule has 110 valence electrons. The van der Waals surface area contributed by atoms with E-state index in [1.165, 1.54) is 0 Å². The Hall–Kier alpha value is -2.37. The highest BCUT2D eigenvalue weighted by atomic mass is 16.2. The molecule has 0 aliphatic carbocycles. The summed E-state index contributed by atoms with van der Waals surface area (Å²) < 4.78 is 0. The zero-order valence-corrected chi connectivity index (χ0v) is 12.2. The van der Waals surface area contributed by atoms with E-state index in [-0.39, 0.29) is 11.8 Å². The lowest BCUT2D eigenvalue weighted by molar-refractivity contribution is -0.116. The van der Waals surface area contributed by atoms with Gasteiger partial charge in [0.15, 0.2) is 0 Å². The minimum Gasteiger partial charge on any atom is -0.326 e. The molecule has 0 spiro atoms. The molecular formula is C15H18N4O2. The molecule has 0 saturated carbocycles. The molecule has 2 aliphatic rings. The van der Waals surface area contributed by atoms with Crippen LogP contribution in [0.4, 0.5) is 11.4 Å². The molecule has 2 heterocycles. The van der Waals surface area contributed by atoms with Gasteiger partial charge in [0.05, 0.1) is 17.8 Å². The van der Waals surface area contributed by atoms with Gasteiger partial charge in [-0.3, -0.25) is 19.5 Å². The Kier molecular flexibility index (Phi) is 3.37. The van der Waals surface area contributed by atoms with Crippen LogP contribution < -0.4 is 10.2 Å². The van der Waals surface area contributed by atoms with Crippen LogP contribution in [0.2, 0.25) is 0 Å². The zero-order chi connectivity index (χ0) is 15.0. The average Bonchev–Trinajstić information content (AvgIpc) is 2.94. The fraction of sp³-hybridized carbons (Fsp3) is 0.400. The maximum atomic E-state index is 12.4. The normalized spacial score (nSPS) is 16.5. The molecule has 6 heteroatoms. The molecule has 0 atom stereocenters. The second-order valence-electron chi connectivity index (χ2n) is 5.23. The van der Waals surface area contributed by atoms with Crippen LogP contribution in [-0.2, 0) is 4.79 Å². The van der Waals surface area contributed by atoms with Gasteiger partial charge in [0.1, 0.15) is 0 Å². The summed E-state index contributed by atoms with van der Waals surface area (Å²) in [5.74, 6) is 0.584. The molecular weight excluding hydrogens is 268 g/mol. The lowest BCUT2D eigenvalue weighted by Gasteiger charge is -2.33. The van der Waals surface area contributed by atoms with E-state index in [4.69, 9.17) is 0 Å². The SMILES string of the molecule is CCCC(=O)Nc1ccc2c(c1)C(=O)N(C)C1=NCCN12. The molecule has 21 heavy (non-hydrogen) atoms. The van der Waals surface area contributed by atoms with Crippen LogP contribution in [0.1, 0.15) is 30.1 Å². The van der Waals surface area contributed by atoms with Gasteiger partial charge in [-0.25, -0.2) is 0 Å². The summed E-state index contributed by atoms with van der Waals surface area (Å²) in [4.78, 5) is 32.1. The number of hydrogen-bond acceptors (Lipinski definition) is 4. The summed E-state index contributed by atoms with van der Waals surface area (Å²) in [7, 11) is 1.73. The van der Waals surface area contributed by atoms with E-state index in [1.54, 1.807) is 18.0 Å². The Balaban J connectivity index is 1.94. The monoisotopic (exact) mass is 286 g/mol. The molecule has 0 radical (unpaired) electrons. The van der Waals surface area contributed by atoms with Crippen LogP contribution in [0, 0.1) is 0 Å². The number of guanidine groups is 1. The maximum absolute atomic E-state index is 12.4. The lowest BCUT2D eigenvalue weighted by Crippen LogP contribution is -2.48. The van der Waals surface area contributed by atoms with Crippen molar-refractivity contribution >= 4 is 29.1 Å². The third kappa shape index (κ3) is 2.26. The van der Waals surface area contributed by atoms with Crippen LogP contribution in [0.25, 0.3) is 0 Å². The summed E-state index contributed by atoms with van der Waals surface area (Å²) in [5, 5.41) is 2.83. The van der Waals surface area contributed by atoms with E-state index in [1.807, 2.05) is 24.0 Å². The Labute approximate surface area is 123 Å². The Morgan fingerprint density at radius 1 is 1.43 bits per heavy atom. The highest BCUT2D eigenvalue weighted by molar-refractivity contribution is 6.19. The fourth-order valence-corrected chi connectivity index (χ4v) is 2.69. The fourth-order valence-electron chi connectivity index (χ4n) is 2.69. The maximum Gasteiger partial charge on any atom is 0.262 e. The zero-order valence-electron chi connectivity index (χ0n) is 12.2. The van der Waals surface area contributed by atoms with E-state index in [0.717, 1.165) is 18.7 Å². The van der Waals surface area contributed by atoms with Crippen molar-refractivity contribution < 1.29 is 9.59 Å². The minimum atomic E-state index is -0.0894. The van der Waals surface area contributed by atoms with E-state index in [2.05, 4.69) is 10.3 Å². The highest BCUT2D eigenvalue weighted by Gasteiger charge is 2.34. The Morgan fingerprint density at radius 3 is 3.00 bits per heavy atom. The van der Waals surface area contributed by atoms with Crippen molar-refractivity contribution in [2.75, 3.05) is 30.4 Å². The summed E-state index contributed by atoms with van der Waals surface area (Å²) in [6.07, 6.45) is 1.28. The molecule has 2 amide bonds. The van der Waals surface area contributed by atoms with E-state index in [0.29, 0.717) is 30.2 Å². The molecule has 0 bridgehead atoms. The summed E-state index contributed by atoms with van der Waals surface area (Å²) in [6.45, 7) is 3.43. The number of nitrogens with zero attached hydrogens (tertiary/aromatic N) is 3. The van der Waals surface area contributed by atoms with Crippen LogP contribution >= 0.6 is 0 Å². The lowest BCUT2D eigenvalue weighted by atomic mass is 10.1. The average molecular weight is 286 g/mol. The van der Waals surface area contributed by atoms with E-state index in [9.17, 15) is 9.59 Å². The molecule has 3 rings (SSSR count). The van der Waals surface area contributed by atoms with E-state index >= 15 is 0 Å². The highest BCUT2D eigenvalue weighted by Crippen LogP contribution is 2.31. The van der Waals surface area contributed by atoms with Crippen molar-refractivity contribution in [1.29, 1.82) is 0 Å². The second kappa shape index (κ2) is 5.20. The van der Waals surface area contributed by atoms with Crippen molar-refractivity contribution in [3.63, 3.8) is 0 Å². The van der Waals surface area contributed by atoms with Gasteiger partial charge in [0, 0.05) is 25.7 Å². The van der Waals surface area contributed by atoms with Gasteiger partial charge >= 0.3 is 0 Å². The molecule has 0 aromatic heterocycles. The molecule has 0 unspecified atom stereocenters. The van der Waals surface area contributed by atoms with Gasteiger partial charge in [-0.05, 0) is 24.6 Å². The molecule has 0 fully saturated rings. The molecule has 0 saturated heterocycles. The first-order valence-corrected chi connectivity index (χ1v) is 7.15. The van der Waals surface area contributed by atoms with Crippen molar-refractivity contribution in [3.8, 4) is 0 Å². The standard InChI is InChI=1S/C15H18N4O2/c1-3-4-13(20)17-10-5-6-12-11(9-10)14(21)18(2)15-16-7-8-19(12)15/h5-6,9H,3-4,7-8H2,1-2H3,(H,17,20). The molecule has 1 aromatic carbocycles. The topological polar surface area (TPSA) is 65.0 Å². The van der Waals surface area contributed by atoms with Gasteiger partial charge in [-0.2, -0.15) is 0 Å².